The minimum atomic E-state index is -1.97. The molecule has 1 aliphatic carbocycles. The normalized spacial score (nSPS) is 34.4. The molecule has 2 aromatic heterocycles. The summed E-state index contributed by atoms with van der Waals surface area (Å²) in [4.78, 5) is 19.0. The summed E-state index contributed by atoms with van der Waals surface area (Å²) >= 11 is 0. The highest BCUT2D eigenvalue weighted by molar-refractivity contribution is 5.80. The number of aromatic nitrogens is 3. The van der Waals surface area contributed by atoms with Crippen molar-refractivity contribution in [1.29, 1.82) is 0 Å². The standard InChI is InChI=1S/C17H23N5O7/c18-16-20-14-11(15(27)21-16)7(3-19-8-1-2-9(24)12(8)25)4-22(14)17(28)6-29-10(5-23)13(17)26/h1-2,4,8-10,12-13,19,23-26,28H,3,5-6H2,(H3,18,20,21,27)/t8?,9-,10?,12+,13?,17?/m1/s1. The van der Waals surface area contributed by atoms with Crippen LogP contribution in [0.5, 0.6) is 0 Å². The lowest BCUT2D eigenvalue weighted by Crippen LogP contribution is -2.47. The van der Waals surface area contributed by atoms with Crippen molar-refractivity contribution in [2.24, 2.45) is 0 Å². The molecule has 0 amide bonds. The molecular formula is C17H23N5O7. The number of nitrogens with two attached hydrogens (primary N) is 1. The van der Waals surface area contributed by atoms with E-state index in [4.69, 9.17) is 10.5 Å². The van der Waals surface area contributed by atoms with Crippen LogP contribution in [0.2, 0.25) is 0 Å². The Morgan fingerprint density at radius 2 is 2.14 bits per heavy atom. The number of anilines is 1. The number of aliphatic hydroxyl groups excluding tert-OH is 4. The molecule has 4 rings (SSSR count). The van der Waals surface area contributed by atoms with E-state index in [1.54, 1.807) is 6.08 Å². The minimum absolute atomic E-state index is 0.0364. The van der Waals surface area contributed by atoms with Crippen LogP contribution in [0, 0.1) is 0 Å². The topological polar surface area (TPSA) is 199 Å². The second-order valence-electron chi connectivity index (χ2n) is 7.30. The van der Waals surface area contributed by atoms with Crippen molar-refractivity contribution >= 4 is 17.0 Å². The number of nitrogen functional groups attached to an aromatic ring is 1. The summed E-state index contributed by atoms with van der Waals surface area (Å²) in [6, 6.07) is -0.536. The van der Waals surface area contributed by atoms with Gasteiger partial charge in [-0.15, -0.1) is 0 Å². The van der Waals surface area contributed by atoms with Gasteiger partial charge in [0.05, 0.1) is 30.7 Å². The molecule has 12 heteroatoms. The number of nitrogens with zero attached hydrogens (tertiary/aromatic N) is 2. The fourth-order valence-corrected chi connectivity index (χ4v) is 3.81. The van der Waals surface area contributed by atoms with Crippen molar-refractivity contribution in [2.45, 2.75) is 42.7 Å². The molecule has 2 aromatic rings. The van der Waals surface area contributed by atoms with Crippen molar-refractivity contribution < 1.29 is 30.3 Å². The third-order valence-corrected chi connectivity index (χ3v) is 5.45. The van der Waals surface area contributed by atoms with Crippen molar-refractivity contribution in [3.8, 4) is 0 Å². The average molecular weight is 409 g/mol. The molecular weight excluding hydrogens is 386 g/mol. The number of hydrogen-bond donors (Lipinski definition) is 8. The van der Waals surface area contributed by atoms with Crippen LogP contribution in [0.3, 0.4) is 0 Å². The Bertz CT molecular complexity index is 1000. The molecule has 0 radical (unpaired) electrons. The lowest BCUT2D eigenvalue weighted by Gasteiger charge is -2.28. The molecule has 1 fully saturated rings. The van der Waals surface area contributed by atoms with E-state index >= 15 is 0 Å². The van der Waals surface area contributed by atoms with E-state index in [0.29, 0.717) is 5.56 Å². The summed E-state index contributed by atoms with van der Waals surface area (Å²) in [6.45, 7) is -0.740. The third-order valence-electron chi connectivity index (χ3n) is 5.45. The molecule has 158 valence electrons. The lowest BCUT2D eigenvalue weighted by molar-refractivity contribution is -0.109. The molecule has 4 unspecified atom stereocenters. The van der Waals surface area contributed by atoms with Crippen molar-refractivity contribution in [3.05, 3.63) is 34.3 Å². The molecule has 1 aliphatic heterocycles. The zero-order valence-corrected chi connectivity index (χ0v) is 15.3. The average Bonchev–Trinajstić information content (AvgIpc) is 3.30. The Balaban J connectivity index is 1.75. The van der Waals surface area contributed by atoms with E-state index in [1.807, 2.05) is 0 Å². The highest BCUT2D eigenvalue weighted by Crippen LogP contribution is 2.33. The summed E-state index contributed by atoms with van der Waals surface area (Å²) in [5.41, 5.74) is 3.60. The Hall–Kier alpha value is -2.32. The number of fused-ring (bicyclic) bond motifs is 1. The summed E-state index contributed by atoms with van der Waals surface area (Å²) in [5.74, 6) is -0.172. The second-order valence-corrected chi connectivity index (χ2v) is 7.30. The van der Waals surface area contributed by atoms with Gasteiger partial charge in [0.25, 0.3) is 5.56 Å². The number of rotatable bonds is 5. The fraction of sp³-hybridized carbons (Fsp3) is 0.529. The van der Waals surface area contributed by atoms with Crippen LogP contribution in [0.15, 0.2) is 23.1 Å². The minimum Gasteiger partial charge on any atom is -0.394 e. The largest absolute Gasteiger partial charge is 0.394 e. The number of aliphatic hydroxyl groups is 5. The van der Waals surface area contributed by atoms with E-state index in [9.17, 15) is 30.3 Å². The monoisotopic (exact) mass is 409 g/mol. The molecule has 0 spiro atoms. The zero-order chi connectivity index (χ0) is 20.9. The Morgan fingerprint density at radius 1 is 1.38 bits per heavy atom. The Labute approximate surface area is 163 Å². The predicted octanol–water partition coefficient (Wildman–Crippen LogP) is -3.55. The van der Waals surface area contributed by atoms with Crippen LogP contribution >= 0.6 is 0 Å². The van der Waals surface area contributed by atoms with Gasteiger partial charge in [0.2, 0.25) is 5.95 Å². The molecule has 3 heterocycles. The van der Waals surface area contributed by atoms with Gasteiger partial charge >= 0.3 is 0 Å². The number of nitrogens with one attached hydrogen (secondary N) is 2. The first-order valence-electron chi connectivity index (χ1n) is 9.07. The van der Waals surface area contributed by atoms with E-state index in [1.165, 1.54) is 16.8 Å². The molecule has 2 aliphatic rings. The van der Waals surface area contributed by atoms with Crippen LogP contribution < -0.4 is 16.6 Å². The molecule has 6 atom stereocenters. The zero-order valence-electron chi connectivity index (χ0n) is 15.3. The SMILES string of the molecule is Nc1nc2c(c(CNC3C=C[C@@H](O)[C@H]3O)cn2C2(O)COC(CO)C2O)c(=O)[nH]1. The number of hydrogen-bond acceptors (Lipinski definition) is 10. The van der Waals surface area contributed by atoms with Gasteiger partial charge in [0.15, 0.2) is 11.4 Å². The molecule has 9 N–H and O–H groups in total. The van der Waals surface area contributed by atoms with Gasteiger partial charge in [-0.3, -0.25) is 14.3 Å². The van der Waals surface area contributed by atoms with E-state index in [0.717, 1.165) is 0 Å². The first-order valence-corrected chi connectivity index (χ1v) is 9.07. The van der Waals surface area contributed by atoms with E-state index in [2.05, 4.69) is 15.3 Å². The third kappa shape index (κ3) is 3.14. The number of aromatic amines is 1. The van der Waals surface area contributed by atoms with Crippen molar-refractivity contribution in [2.75, 3.05) is 18.9 Å². The van der Waals surface area contributed by atoms with Crippen LogP contribution in [-0.2, 0) is 17.0 Å². The Morgan fingerprint density at radius 3 is 2.76 bits per heavy atom. The Kier molecular flexibility index (Phi) is 4.94. The van der Waals surface area contributed by atoms with E-state index in [-0.39, 0.29) is 30.1 Å². The summed E-state index contributed by atoms with van der Waals surface area (Å²) < 4.78 is 6.48. The van der Waals surface area contributed by atoms with Gasteiger partial charge in [-0.25, -0.2) is 0 Å². The van der Waals surface area contributed by atoms with Crippen LogP contribution in [0.25, 0.3) is 11.0 Å². The van der Waals surface area contributed by atoms with Gasteiger partial charge in [0.1, 0.15) is 18.3 Å². The summed E-state index contributed by atoms with van der Waals surface area (Å²) in [6.07, 6.45) is 0.0240. The quantitative estimate of drug-likeness (QED) is 0.229. The number of H-pyrrole nitrogens is 1. The molecule has 12 nitrogen and oxygen atoms in total. The smallest absolute Gasteiger partial charge is 0.262 e. The predicted molar refractivity (Wildman–Crippen MR) is 99.6 cm³/mol. The summed E-state index contributed by atoms with van der Waals surface area (Å²) in [5, 5.41) is 53.6. The highest BCUT2D eigenvalue weighted by atomic mass is 16.5. The van der Waals surface area contributed by atoms with E-state index < -0.39 is 48.3 Å². The molecule has 29 heavy (non-hydrogen) atoms. The molecule has 0 aromatic carbocycles. The maximum absolute atomic E-state index is 12.5. The van der Waals surface area contributed by atoms with Crippen molar-refractivity contribution in [3.63, 3.8) is 0 Å². The fourth-order valence-electron chi connectivity index (χ4n) is 3.81. The van der Waals surface area contributed by atoms with Crippen LogP contribution in [0.1, 0.15) is 5.56 Å². The lowest BCUT2D eigenvalue weighted by atomic mass is 10.1. The first-order chi connectivity index (χ1) is 13.8. The number of ether oxygens (including phenoxy) is 1. The maximum atomic E-state index is 12.5. The van der Waals surface area contributed by atoms with Gasteiger partial charge in [0, 0.05) is 12.7 Å². The van der Waals surface area contributed by atoms with Crippen molar-refractivity contribution in [1.82, 2.24) is 19.9 Å². The van der Waals surface area contributed by atoms with Crippen LogP contribution in [0.4, 0.5) is 5.95 Å². The van der Waals surface area contributed by atoms with Gasteiger partial charge < -0.3 is 41.3 Å². The van der Waals surface area contributed by atoms with Gasteiger partial charge in [-0.2, -0.15) is 4.98 Å². The van der Waals surface area contributed by atoms with Gasteiger partial charge in [-0.05, 0) is 5.56 Å². The molecule has 1 saturated heterocycles. The molecule has 0 saturated carbocycles. The first kappa shape index (κ1) is 20.0. The highest BCUT2D eigenvalue weighted by Gasteiger charge is 2.50. The van der Waals surface area contributed by atoms with Gasteiger partial charge in [-0.1, -0.05) is 12.2 Å². The van der Waals surface area contributed by atoms with Crippen LogP contribution in [-0.4, -0.2) is 83.7 Å². The maximum Gasteiger partial charge on any atom is 0.262 e. The molecule has 0 bridgehead atoms. The summed E-state index contributed by atoms with van der Waals surface area (Å²) in [7, 11) is 0. The second kappa shape index (κ2) is 7.18.